The van der Waals surface area contributed by atoms with E-state index in [0.29, 0.717) is 5.69 Å². The number of benzene rings is 1. The number of anilines is 1. The van der Waals surface area contributed by atoms with E-state index in [4.69, 9.17) is 4.42 Å². The van der Waals surface area contributed by atoms with Crippen LogP contribution in [0.5, 0.6) is 0 Å². The predicted octanol–water partition coefficient (Wildman–Crippen LogP) is 5.78. The normalized spacial score (nSPS) is 13.5. The summed E-state index contributed by atoms with van der Waals surface area (Å²) in [6, 6.07) is 14.1. The second kappa shape index (κ2) is 7.66. The van der Waals surface area contributed by atoms with E-state index < -0.39 is 0 Å². The molecule has 1 aliphatic carbocycles. The number of furan rings is 1. The van der Waals surface area contributed by atoms with Crippen LogP contribution < -0.4 is 5.32 Å². The molecule has 0 unspecified atom stereocenters. The predicted molar refractivity (Wildman–Crippen MR) is 133 cm³/mol. The van der Waals surface area contributed by atoms with Gasteiger partial charge in [0, 0.05) is 39.5 Å². The number of amides is 1. The zero-order valence-corrected chi connectivity index (χ0v) is 18.6. The van der Waals surface area contributed by atoms with Crippen molar-refractivity contribution in [2.75, 3.05) is 5.32 Å². The van der Waals surface area contributed by atoms with E-state index >= 15 is 0 Å². The number of fused-ring (bicyclic) bond motifs is 2. The van der Waals surface area contributed by atoms with Gasteiger partial charge in [-0.15, -0.1) is 0 Å². The quantitative estimate of drug-likeness (QED) is 0.302. The molecular weight excluding hydrogens is 440 g/mol. The Morgan fingerprint density at radius 2 is 1.94 bits per heavy atom. The van der Waals surface area contributed by atoms with E-state index in [2.05, 4.69) is 48.7 Å². The third kappa shape index (κ3) is 3.47. The first kappa shape index (κ1) is 19.7. The van der Waals surface area contributed by atoms with Crippen LogP contribution in [-0.2, 0) is 4.79 Å². The fourth-order valence-corrected chi connectivity index (χ4v) is 4.47. The van der Waals surface area contributed by atoms with Crippen LogP contribution in [0, 0.1) is 5.92 Å². The van der Waals surface area contributed by atoms with Gasteiger partial charge in [-0.3, -0.25) is 19.9 Å². The molecule has 6 aromatic rings. The molecule has 5 heterocycles. The summed E-state index contributed by atoms with van der Waals surface area (Å²) in [6.45, 7) is 0. The molecule has 3 N–H and O–H groups in total. The number of rotatable bonds is 5. The lowest BCUT2D eigenvalue weighted by Gasteiger charge is -2.06. The second-order valence-corrected chi connectivity index (χ2v) is 8.88. The number of carbonyl (C=O) groups is 1. The van der Waals surface area contributed by atoms with Crippen LogP contribution in [-0.4, -0.2) is 31.1 Å². The average Bonchev–Trinajstić information content (AvgIpc) is 3.26. The highest BCUT2D eigenvalue weighted by Gasteiger charge is 2.29. The molecule has 0 atom stereocenters. The molecular formula is C27H20N6O2. The fourth-order valence-electron chi connectivity index (χ4n) is 4.47. The van der Waals surface area contributed by atoms with Crippen molar-refractivity contribution in [3.8, 4) is 33.8 Å². The van der Waals surface area contributed by atoms with Crippen LogP contribution in [0.25, 0.3) is 55.6 Å². The van der Waals surface area contributed by atoms with Gasteiger partial charge >= 0.3 is 0 Å². The highest BCUT2D eigenvalue weighted by Crippen LogP contribution is 2.35. The molecule has 8 heteroatoms. The van der Waals surface area contributed by atoms with Gasteiger partial charge in [-0.25, -0.2) is 0 Å². The van der Waals surface area contributed by atoms with Crippen molar-refractivity contribution < 1.29 is 9.21 Å². The van der Waals surface area contributed by atoms with Crippen molar-refractivity contribution >= 4 is 33.4 Å². The lowest BCUT2D eigenvalue weighted by atomic mass is 10.0. The first-order chi connectivity index (χ1) is 17.2. The summed E-state index contributed by atoms with van der Waals surface area (Å²) in [5.74, 6) is 0.185. The summed E-state index contributed by atoms with van der Waals surface area (Å²) in [4.78, 5) is 24.6. The molecule has 0 bridgehead atoms. The van der Waals surface area contributed by atoms with Gasteiger partial charge in [0.05, 0.1) is 47.5 Å². The van der Waals surface area contributed by atoms with Crippen molar-refractivity contribution in [2.45, 2.75) is 12.8 Å². The Morgan fingerprint density at radius 1 is 1.00 bits per heavy atom. The number of nitrogens with one attached hydrogen (secondary N) is 3. The zero-order valence-electron chi connectivity index (χ0n) is 18.6. The maximum Gasteiger partial charge on any atom is 0.227 e. The van der Waals surface area contributed by atoms with Gasteiger partial charge in [-0.05, 0) is 48.7 Å². The molecule has 7 rings (SSSR count). The molecule has 8 nitrogen and oxygen atoms in total. The maximum atomic E-state index is 12.2. The highest BCUT2D eigenvalue weighted by atomic mass is 16.3. The van der Waals surface area contributed by atoms with Gasteiger partial charge in [0.15, 0.2) is 0 Å². The number of pyridine rings is 2. The summed E-state index contributed by atoms with van der Waals surface area (Å²) in [5.41, 5.74) is 7.95. The number of nitrogens with zero attached hydrogens (tertiary/aromatic N) is 3. The van der Waals surface area contributed by atoms with E-state index in [9.17, 15) is 4.79 Å². The standard InChI is InChI=1S/C27H20N6O2/c34-27(15-4-5-15)30-18-8-17(11-28-12-18)23-10-21-25(13-29-23)32-33-26(21)24-9-20-19(16-6-7-35-14-16)2-1-3-22(20)31-24/h1-3,6-15,31H,4-5H2,(H,30,34)(H,32,33). The Balaban J connectivity index is 1.29. The zero-order chi connectivity index (χ0) is 23.4. The van der Waals surface area contributed by atoms with E-state index in [1.54, 1.807) is 31.1 Å². The molecule has 0 spiro atoms. The van der Waals surface area contributed by atoms with Gasteiger partial charge in [0.2, 0.25) is 5.91 Å². The van der Waals surface area contributed by atoms with E-state index in [1.165, 1.54) is 0 Å². The lowest BCUT2D eigenvalue weighted by Crippen LogP contribution is -2.13. The van der Waals surface area contributed by atoms with Crippen molar-refractivity contribution in [1.82, 2.24) is 25.1 Å². The summed E-state index contributed by atoms with van der Waals surface area (Å²) >= 11 is 0. The van der Waals surface area contributed by atoms with Crippen LogP contribution in [0.1, 0.15) is 12.8 Å². The monoisotopic (exact) mass is 460 g/mol. The molecule has 0 saturated heterocycles. The number of hydrogen-bond donors (Lipinski definition) is 3. The number of H-pyrrole nitrogens is 2. The summed E-state index contributed by atoms with van der Waals surface area (Å²) < 4.78 is 5.29. The van der Waals surface area contributed by atoms with Crippen LogP contribution in [0.15, 0.2) is 78.0 Å². The van der Waals surface area contributed by atoms with Gasteiger partial charge in [0.25, 0.3) is 0 Å². The summed E-state index contributed by atoms with van der Waals surface area (Å²) in [7, 11) is 0. The molecule has 1 fully saturated rings. The van der Waals surface area contributed by atoms with E-state index in [1.807, 2.05) is 24.3 Å². The molecule has 35 heavy (non-hydrogen) atoms. The highest BCUT2D eigenvalue weighted by molar-refractivity contribution is 6.01. The number of aromatic amines is 2. The van der Waals surface area contributed by atoms with Crippen LogP contribution in [0.2, 0.25) is 0 Å². The van der Waals surface area contributed by atoms with Gasteiger partial charge in [-0.2, -0.15) is 5.10 Å². The Kier molecular flexibility index (Phi) is 4.32. The third-order valence-electron chi connectivity index (χ3n) is 6.45. The molecule has 0 radical (unpaired) electrons. The second-order valence-electron chi connectivity index (χ2n) is 8.88. The van der Waals surface area contributed by atoms with Crippen LogP contribution >= 0.6 is 0 Å². The Hall–Kier alpha value is -4.72. The van der Waals surface area contributed by atoms with Crippen LogP contribution in [0.4, 0.5) is 5.69 Å². The third-order valence-corrected chi connectivity index (χ3v) is 6.45. The molecule has 1 amide bonds. The molecule has 1 aromatic carbocycles. The van der Waals surface area contributed by atoms with Crippen molar-refractivity contribution in [2.24, 2.45) is 5.92 Å². The number of hydrogen-bond acceptors (Lipinski definition) is 5. The largest absolute Gasteiger partial charge is 0.472 e. The molecule has 170 valence electrons. The maximum absolute atomic E-state index is 12.2. The first-order valence-electron chi connectivity index (χ1n) is 11.5. The molecule has 5 aromatic heterocycles. The minimum atomic E-state index is 0.0538. The topological polar surface area (TPSA) is 112 Å². The van der Waals surface area contributed by atoms with Crippen molar-refractivity contribution in [3.05, 3.63) is 73.6 Å². The molecule has 1 saturated carbocycles. The number of carbonyl (C=O) groups excluding carboxylic acids is 1. The van der Waals surface area contributed by atoms with Crippen LogP contribution in [0.3, 0.4) is 0 Å². The minimum Gasteiger partial charge on any atom is -0.472 e. The van der Waals surface area contributed by atoms with Gasteiger partial charge in [0.1, 0.15) is 5.69 Å². The molecule has 1 aliphatic rings. The summed E-state index contributed by atoms with van der Waals surface area (Å²) in [5, 5.41) is 12.7. The lowest BCUT2D eigenvalue weighted by molar-refractivity contribution is -0.117. The average molecular weight is 460 g/mol. The summed E-state index contributed by atoms with van der Waals surface area (Å²) in [6.07, 6.45) is 10.5. The van der Waals surface area contributed by atoms with E-state index in [0.717, 1.165) is 68.4 Å². The Morgan fingerprint density at radius 3 is 2.80 bits per heavy atom. The van der Waals surface area contributed by atoms with Crippen molar-refractivity contribution in [3.63, 3.8) is 0 Å². The van der Waals surface area contributed by atoms with Gasteiger partial charge in [-0.1, -0.05) is 12.1 Å². The first-order valence-corrected chi connectivity index (χ1v) is 11.5. The van der Waals surface area contributed by atoms with Crippen molar-refractivity contribution in [1.29, 1.82) is 0 Å². The Bertz CT molecular complexity index is 1710. The Labute approximate surface area is 199 Å². The van der Waals surface area contributed by atoms with E-state index in [-0.39, 0.29) is 11.8 Å². The minimum absolute atomic E-state index is 0.0538. The number of aromatic nitrogens is 5. The fraction of sp³-hybridized carbons (Fsp3) is 0.111. The molecule has 0 aliphatic heterocycles. The van der Waals surface area contributed by atoms with Gasteiger partial charge < -0.3 is 14.7 Å². The smallest absolute Gasteiger partial charge is 0.227 e. The SMILES string of the molecule is O=C(Nc1cncc(-c2cc3c(-c4cc5c(-c6ccoc6)cccc5[nH]4)n[nH]c3cn2)c1)C1CC1.